The lowest BCUT2D eigenvalue weighted by molar-refractivity contribution is -0.138. The largest absolute Gasteiger partial charge is 0.423 e. The van der Waals surface area contributed by atoms with Crippen LogP contribution in [0.25, 0.3) is 11.1 Å². The number of nitrogens with zero attached hydrogens (tertiary/aromatic N) is 3. The number of fused-ring (bicyclic) bond motifs is 1. The molecule has 0 radical (unpaired) electrons. The second-order valence-corrected chi connectivity index (χ2v) is 7.58. The van der Waals surface area contributed by atoms with Crippen LogP contribution in [-0.4, -0.2) is 55.6 Å². The summed E-state index contributed by atoms with van der Waals surface area (Å²) in [5, 5.41) is 3.25. The standard InChI is InChI=1S/C20H28N4O2.2ClH/c1-21-13-15-5-4-10-24(14-15)19(25)16-8-11-23(12-9-16)20-22-17-6-2-3-7-18(17)26-20;;/h2-3,6-7,15-16,21H,4-5,8-14H2,1H3;2*1H. The van der Waals surface area contributed by atoms with E-state index in [-0.39, 0.29) is 30.7 Å². The van der Waals surface area contributed by atoms with Gasteiger partial charge in [0.25, 0.3) is 6.01 Å². The molecule has 3 heterocycles. The Labute approximate surface area is 178 Å². The normalized spacial score (nSPS) is 20.5. The first kappa shape index (κ1) is 22.8. The van der Waals surface area contributed by atoms with Crippen LogP contribution in [0.5, 0.6) is 0 Å². The summed E-state index contributed by atoms with van der Waals surface area (Å²) in [5.74, 6) is 1.09. The van der Waals surface area contributed by atoms with Gasteiger partial charge in [0.15, 0.2) is 5.58 Å². The quantitative estimate of drug-likeness (QED) is 0.808. The molecule has 2 fully saturated rings. The Morgan fingerprint density at radius 2 is 1.93 bits per heavy atom. The molecule has 2 saturated heterocycles. The molecule has 1 N–H and O–H groups in total. The molecule has 1 amide bonds. The van der Waals surface area contributed by atoms with E-state index >= 15 is 0 Å². The number of piperidine rings is 2. The van der Waals surface area contributed by atoms with Crippen molar-refractivity contribution in [2.75, 3.05) is 44.7 Å². The van der Waals surface area contributed by atoms with Crippen molar-refractivity contribution < 1.29 is 9.21 Å². The van der Waals surface area contributed by atoms with Gasteiger partial charge in [0.05, 0.1) is 0 Å². The van der Waals surface area contributed by atoms with E-state index in [2.05, 4.69) is 20.1 Å². The maximum Gasteiger partial charge on any atom is 0.298 e. The molecule has 2 aliphatic heterocycles. The molecule has 156 valence electrons. The van der Waals surface area contributed by atoms with Gasteiger partial charge in [0.1, 0.15) is 5.52 Å². The predicted molar refractivity (Wildman–Crippen MR) is 117 cm³/mol. The second-order valence-electron chi connectivity index (χ2n) is 7.58. The zero-order valence-electron chi connectivity index (χ0n) is 16.3. The molecule has 2 aromatic rings. The van der Waals surface area contributed by atoms with Crippen LogP contribution in [0.15, 0.2) is 28.7 Å². The smallest absolute Gasteiger partial charge is 0.298 e. The number of para-hydroxylation sites is 2. The second kappa shape index (κ2) is 10.3. The highest BCUT2D eigenvalue weighted by Gasteiger charge is 2.32. The average Bonchev–Trinajstić information content (AvgIpc) is 3.12. The lowest BCUT2D eigenvalue weighted by Crippen LogP contribution is -2.47. The molecule has 6 nitrogen and oxygen atoms in total. The van der Waals surface area contributed by atoms with Crippen LogP contribution in [0, 0.1) is 11.8 Å². The van der Waals surface area contributed by atoms with E-state index < -0.39 is 0 Å². The highest BCUT2D eigenvalue weighted by Crippen LogP contribution is 2.28. The van der Waals surface area contributed by atoms with E-state index in [0.717, 1.165) is 63.1 Å². The lowest BCUT2D eigenvalue weighted by atomic mass is 9.92. The van der Waals surface area contributed by atoms with E-state index in [1.54, 1.807) is 0 Å². The topological polar surface area (TPSA) is 61.6 Å². The van der Waals surface area contributed by atoms with Crippen LogP contribution in [-0.2, 0) is 4.79 Å². The molecular weight excluding hydrogens is 399 g/mol. The van der Waals surface area contributed by atoms with Gasteiger partial charge in [-0.3, -0.25) is 4.79 Å². The number of carbonyl (C=O) groups is 1. The van der Waals surface area contributed by atoms with E-state index in [1.165, 1.54) is 6.42 Å². The molecule has 0 bridgehead atoms. The number of likely N-dealkylation sites (tertiary alicyclic amines) is 1. The molecule has 0 spiro atoms. The Hall–Kier alpha value is -1.50. The molecule has 8 heteroatoms. The van der Waals surface area contributed by atoms with Gasteiger partial charge in [-0.1, -0.05) is 12.1 Å². The van der Waals surface area contributed by atoms with Crippen molar-refractivity contribution >= 4 is 47.8 Å². The number of benzene rings is 1. The monoisotopic (exact) mass is 428 g/mol. The Morgan fingerprint density at radius 3 is 2.64 bits per heavy atom. The van der Waals surface area contributed by atoms with E-state index in [1.807, 2.05) is 31.3 Å². The number of hydrogen-bond donors (Lipinski definition) is 1. The maximum absolute atomic E-state index is 12.9. The van der Waals surface area contributed by atoms with Gasteiger partial charge in [-0.2, -0.15) is 4.98 Å². The first-order valence-electron chi connectivity index (χ1n) is 9.78. The van der Waals surface area contributed by atoms with Gasteiger partial charge in [-0.15, -0.1) is 24.8 Å². The number of hydrogen-bond acceptors (Lipinski definition) is 5. The van der Waals surface area contributed by atoms with Gasteiger partial charge in [-0.05, 0) is 57.3 Å². The minimum atomic E-state index is 0. The summed E-state index contributed by atoms with van der Waals surface area (Å²) in [6.07, 6.45) is 4.11. The van der Waals surface area contributed by atoms with Crippen molar-refractivity contribution in [3.8, 4) is 0 Å². The Kier molecular flexibility index (Phi) is 8.40. The summed E-state index contributed by atoms with van der Waals surface area (Å²) in [4.78, 5) is 21.8. The van der Waals surface area contributed by atoms with Gasteiger partial charge in [0.2, 0.25) is 5.91 Å². The molecule has 0 saturated carbocycles. The van der Waals surface area contributed by atoms with Gasteiger partial charge in [0, 0.05) is 32.1 Å². The summed E-state index contributed by atoms with van der Waals surface area (Å²) in [6, 6.07) is 8.53. The molecule has 1 aromatic heterocycles. The van der Waals surface area contributed by atoms with Crippen LogP contribution < -0.4 is 10.2 Å². The number of carbonyl (C=O) groups excluding carboxylic acids is 1. The predicted octanol–water partition coefficient (Wildman–Crippen LogP) is 3.35. The number of anilines is 1. The lowest BCUT2D eigenvalue weighted by Gasteiger charge is -2.37. The third kappa shape index (κ3) is 4.91. The highest BCUT2D eigenvalue weighted by atomic mass is 35.5. The average molecular weight is 429 g/mol. The number of halogens is 2. The number of oxazole rings is 1. The third-order valence-electron chi connectivity index (χ3n) is 5.72. The highest BCUT2D eigenvalue weighted by molar-refractivity contribution is 5.85. The van der Waals surface area contributed by atoms with Crippen LogP contribution in [0.4, 0.5) is 6.01 Å². The van der Waals surface area contributed by atoms with Gasteiger partial charge in [-0.25, -0.2) is 0 Å². The molecule has 1 aromatic carbocycles. The number of nitrogens with one attached hydrogen (secondary N) is 1. The molecule has 1 unspecified atom stereocenters. The summed E-state index contributed by atoms with van der Waals surface area (Å²) < 4.78 is 5.87. The third-order valence-corrected chi connectivity index (χ3v) is 5.72. The summed E-state index contributed by atoms with van der Waals surface area (Å²) in [5.41, 5.74) is 1.72. The van der Waals surface area contributed by atoms with E-state index in [9.17, 15) is 4.79 Å². The number of rotatable bonds is 4. The van der Waals surface area contributed by atoms with E-state index in [4.69, 9.17) is 4.42 Å². The Bertz CT molecular complexity index is 726. The van der Waals surface area contributed by atoms with Gasteiger partial charge >= 0.3 is 0 Å². The van der Waals surface area contributed by atoms with E-state index in [0.29, 0.717) is 17.8 Å². The number of aromatic nitrogens is 1. The van der Waals surface area contributed by atoms with Crippen molar-refractivity contribution in [1.82, 2.24) is 15.2 Å². The molecule has 4 rings (SSSR count). The van der Waals surface area contributed by atoms with Crippen LogP contribution in [0.1, 0.15) is 25.7 Å². The van der Waals surface area contributed by atoms with Gasteiger partial charge < -0.3 is 19.5 Å². The van der Waals surface area contributed by atoms with Crippen molar-refractivity contribution in [2.45, 2.75) is 25.7 Å². The maximum atomic E-state index is 12.9. The van der Waals surface area contributed by atoms with Crippen molar-refractivity contribution in [2.24, 2.45) is 11.8 Å². The molecule has 0 aliphatic carbocycles. The Morgan fingerprint density at radius 1 is 1.18 bits per heavy atom. The fraction of sp³-hybridized carbons (Fsp3) is 0.600. The Balaban J connectivity index is 0.00000140. The van der Waals surface area contributed by atoms with Crippen molar-refractivity contribution in [1.29, 1.82) is 0 Å². The fourth-order valence-electron chi connectivity index (χ4n) is 4.29. The minimum Gasteiger partial charge on any atom is -0.423 e. The van der Waals surface area contributed by atoms with Crippen LogP contribution in [0.3, 0.4) is 0 Å². The minimum absolute atomic E-state index is 0. The first-order valence-corrected chi connectivity index (χ1v) is 9.78. The zero-order valence-corrected chi connectivity index (χ0v) is 17.9. The fourth-order valence-corrected chi connectivity index (χ4v) is 4.29. The molecule has 1 atom stereocenters. The van der Waals surface area contributed by atoms with Crippen LogP contribution >= 0.6 is 24.8 Å². The van der Waals surface area contributed by atoms with Crippen LogP contribution in [0.2, 0.25) is 0 Å². The SMILES string of the molecule is CNCC1CCCN(C(=O)C2CCN(c3nc4ccccc4o3)CC2)C1.Cl.Cl. The first-order chi connectivity index (χ1) is 12.7. The molecule has 28 heavy (non-hydrogen) atoms. The summed E-state index contributed by atoms with van der Waals surface area (Å²) >= 11 is 0. The number of amides is 1. The molecular formula is C20H30Cl2N4O2. The summed E-state index contributed by atoms with van der Waals surface area (Å²) in [6.45, 7) is 4.49. The molecule has 2 aliphatic rings. The van der Waals surface area contributed by atoms with Crippen molar-refractivity contribution in [3.05, 3.63) is 24.3 Å². The summed E-state index contributed by atoms with van der Waals surface area (Å²) in [7, 11) is 1.99. The van der Waals surface area contributed by atoms with Crippen molar-refractivity contribution in [3.63, 3.8) is 0 Å². The zero-order chi connectivity index (χ0) is 17.9.